The van der Waals surface area contributed by atoms with Crippen molar-refractivity contribution < 1.29 is 9.53 Å². The van der Waals surface area contributed by atoms with E-state index in [1.807, 2.05) is 44.2 Å². The molecule has 3 rings (SSSR count). The summed E-state index contributed by atoms with van der Waals surface area (Å²) in [7, 11) is 0. The Labute approximate surface area is 161 Å². The molecule has 0 spiro atoms. The number of thiophene rings is 1. The van der Waals surface area contributed by atoms with Crippen LogP contribution in [0.3, 0.4) is 0 Å². The van der Waals surface area contributed by atoms with Crippen molar-refractivity contribution in [3.05, 3.63) is 57.5 Å². The molecule has 2 aromatic heterocycles. The normalized spacial score (nSPS) is 10.9. The molecular formula is C20H23N3O3S. The van der Waals surface area contributed by atoms with Gasteiger partial charge in [0.2, 0.25) is 5.91 Å². The average molecular weight is 385 g/mol. The largest absolute Gasteiger partial charge is 0.494 e. The lowest BCUT2D eigenvalue weighted by Crippen LogP contribution is -2.28. The van der Waals surface area contributed by atoms with Crippen molar-refractivity contribution >= 4 is 27.5 Å². The summed E-state index contributed by atoms with van der Waals surface area (Å²) >= 11 is 1.52. The number of hydrogen-bond acceptors (Lipinski definition) is 5. The van der Waals surface area contributed by atoms with Crippen LogP contribution in [0.25, 0.3) is 10.2 Å². The van der Waals surface area contributed by atoms with E-state index >= 15 is 0 Å². The van der Waals surface area contributed by atoms with Crippen molar-refractivity contribution in [2.75, 3.05) is 13.2 Å². The van der Waals surface area contributed by atoms with Gasteiger partial charge in [0.1, 0.15) is 10.6 Å². The number of aryl methyl sites for hydroxylation is 3. The van der Waals surface area contributed by atoms with Crippen molar-refractivity contribution in [2.45, 2.75) is 33.2 Å². The molecule has 0 atom stereocenters. The molecule has 0 aliphatic heterocycles. The van der Waals surface area contributed by atoms with Gasteiger partial charge in [0.05, 0.1) is 18.3 Å². The summed E-state index contributed by atoms with van der Waals surface area (Å²) in [5.41, 5.74) is 0.899. The van der Waals surface area contributed by atoms with E-state index in [0.717, 1.165) is 27.4 Å². The highest BCUT2D eigenvalue weighted by molar-refractivity contribution is 7.18. The third-order valence-electron chi connectivity index (χ3n) is 4.39. The van der Waals surface area contributed by atoms with Gasteiger partial charge in [0.15, 0.2) is 0 Å². The predicted molar refractivity (Wildman–Crippen MR) is 108 cm³/mol. The Morgan fingerprint density at radius 3 is 2.81 bits per heavy atom. The maximum absolute atomic E-state index is 12.6. The first-order valence-corrected chi connectivity index (χ1v) is 9.77. The summed E-state index contributed by atoms with van der Waals surface area (Å²) in [6.07, 6.45) is 2.50. The molecule has 0 radical (unpaired) electrons. The van der Waals surface area contributed by atoms with Crippen LogP contribution in [0.2, 0.25) is 0 Å². The molecule has 0 aliphatic carbocycles. The minimum atomic E-state index is -0.0834. The lowest BCUT2D eigenvalue weighted by Gasteiger charge is -2.08. The second-order valence-corrected chi connectivity index (χ2v) is 7.52. The van der Waals surface area contributed by atoms with Crippen LogP contribution >= 0.6 is 11.3 Å². The Kier molecular flexibility index (Phi) is 6.24. The zero-order chi connectivity index (χ0) is 19.2. The molecule has 1 aromatic carbocycles. The molecule has 142 valence electrons. The topological polar surface area (TPSA) is 73.2 Å². The predicted octanol–water partition coefficient (Wildman–Crippen LogP) is 3.05. The molecule has 0 fully saturated rings. The molecule has 0 aliphatic rings. The van der Waals surface area contributed by atoms with Gasteiger partial charge < -0.3 is 10.1 Å². The number of nitrogens with one attached hydrogen (secondary N) is 1. The van der Waals surface area contributed by atoms with Gasteiger partial charge in [-0.3, -0.25) is 14.2 Å². The van der Waals surface area contributed by atoms with Crippen molar-refractivity contribution in [2.24, 2.45) is 0 Å². The lowest BCUT2D eigenvalue weighted by molar-refractivity contribution is -0.121. The highest BCUT2D eigenvalue weighted by atomic mass is 32.1. The Bertz CT molecular complexity index is 979. The third-order valence-corrected chi connectivity index (χ3v) is 5.51. The van der Waals surface area contributed by atoms with E-state index in [0.29, 0.717) is 25.1 Å². The first kappa shape index (κ1) is 19.1. The number of amides is 1. The monoisotopic (exact) mass is 385 g/mol. The minimum absolute atomic E-state index is 0.0779. The molecule has 0 unspecified atom stereocenters. The van der Waals surface area contributed by atoms with E-state index < -0.39 is 0 Å². The maximum Gasteiger partial charge on any atom is 0.262 e. The SMILES string of the molecule is Cc1sc2ncn(CCC(=O)NCCCOc3ccccc3)c(=O)c2c1C. The Hall–Kier alpha value is -2.67. The van der Waals surface area contributed by atoms with E-state index in [9.17, 15) is 9.59 Å². The van der Waals surface area contributed by atoms with Crippen LogP contribution in [-0.2, 0) is 11.3 Å². The highest BCUT2D eigenvalue weighted by Gasteiger charge is 2.12. The molecule has 1 N–H and O–H groups in total. The number of fused-ring (bicyclic) bond motifs is 1. The summed E-state index contributed by atoms with van der Waals surface area (Å²) < 4.78 is 7.10. The molecule has 2 heterocycles. The van der Waals surface area contributed by atoms with Crippen LogP contribution in [-0.4, -0.2) is 28.6 Å². The molecule has 7 heteroatoms. The first-order valence-electron chi connectivity index (χ1n) is 8.96. The van der Waals surface area contributed by atoms with Crippen molar-refractivity contribution in [3.63, 3.8) is 0 Å². The molecule has 1 amide bonds. The summed E-state index contributed by atoms with van der Waals surface area (Å²) in [6, 6.07) is 9.58. The molecule has 3 aromatic rings. The first-order chi connectivity index (χ1) is 13.1. The minimum Gasteiger partial charge on any atom is -0.494 e. The van der Waals surface area contributed by atoms with Crippen LogP contribution in [0.15, 0.2) is 41.5 Å². The standard InChI is InChI=1S/C20H23N3O3S/c1-14-15(2)27-19-18(14)20(25)23(13-22-19)11-9-17(24)21-10-6-12-26-16-7-4-3-5-8-16/h3-5,7-8,13H,6,9-12H2,1-2H3,(H,21,24). The van der Waals surface area contributed by atoms with Crippen LogP contribution in [0.4, 0.5) is 0 Å². The number of nitrogens with zero attached hydrogens (tertiary/aromatic N) is 2. The number of hydrogen-bond donors (Lipinski definition) is 1. The maximum atomic E-state index is 12.6. The van der Waals surface area contributed by atoms with Gasteiger partial charge in [-0.05, 0) is 38.0 Å². The lowest BCUT2D eigenvalue weighted by atomic mass is 10.2. The van der Waals surface area contributed by atoms with Crippen LogP contribution in [0.1, 0.15) is 23.3 Å². The number of benzene rings is 1. The third kappa shape index (κ3) is 4.74. The van der Waals surface area contributed by atoms with Gasteiger partial charge >= 0.3 is 0 Å². The van der Waals surface area contributed by atoms with Gasteiger partial charge in [0, 0.05) is 24.4 Å². The molecule has 0 saturated heterocycles. The second-order valence-electron chi connectivity index (χ2n) is 6.32. The highest BCUT2D eigenvalue weighted by Crippen LogP contribution is 2.25. The number of rotatable bonds is 8. The van der Waals surface area contributed by atoms with E-state index in [1.165, 1.54) is 22.2 Å². The number of carbonyl (C=O) groups excluding carboxylic acids is 1. The van der Waals surface area contributed by atoms with Crippen molar-refractivity contribution in [3.8, 4) is 5.75 Å². The summed E-state index contributed by atoms with van der Waals surface area (Å²) in [4.78, 5) is 30.8. The van der Waals surface area contributed by atoms with Gasteiger partial charge in [-0.15, -0.1) is 11.3 Å². The number of aromatic nitrogens is 2. The van der Waals surface area contributed by atoms with Crippen LogP contribution in [0, 0.1) is 13.8 Å². The quantitative estimate of drug-likeness (QED) is 0.605. The fourth-order valence-electron chi connectivity index (χ4n) is 2.75. The van der Waals surface area contributed by atoms with Crippen molar-refractivity contribution in [1.82, 2.24) is 14.9 Å². The van der Waals surface area contributed by atoms with Crippen LogP contribution in [0.5, 0.6) is 5.75 Å². The fraction of sp³-hybridized carbons (Fsp3) is 0.350. The van der Waals surface area contributed by atoms with Gasteiger partial charge in [-0.2, -0.15) is 0 Å². The Balaban J connectivity index is 1.44. The number of para-hydroxylation sites is 1. The van der Waals surface area contributed by atoms with E-state index in [1.54, 1.807) is 0 Å². The number of ether oxygens (including phenoxy) is 1. The van der Waals surface area contributed by atoms with Gasteiger partial charge in [-0.1, -0.05) is 18.2 Å². The molecule has 27 heavy (non-hydrogen) atoms. The Morgan fingerprint density at radius 2 is 2.04 bits per heavy atom. The fourth-order valence-corrected chi connectivity index (χ4v) is 3.73. The molecule has 6 nitrogen and oxygen atoms in total. The molecule has 0 saturated carbocycles. The zero-order valence-electron chi connectivity index (χ0n) is 15.5. The molecular weight excluding hydrogens is 362 g/mol. The summed E-state index contributed by atoms with van der Waals surface area (Å²) in [5.74, 6) is 0.741. The van der Waals surface area contributed by atoms with Crippen molar-refractivity contribution in [1.29, 1.82) is 0 Å². The van der Waals surface area contributed by atoms with E-state index in [2.05, 4.69) is 10.3 Å². The summed E-state index contributed by atoms with van der Waals surface area (Å²) in [5, 5.41) is 3.52. The van der Waals surface area contributed by atoms with Crippen LogP contribution < -0.4 is 15.6 Å². The smallest absolute Gasteiger partial charge is 0.262 e. The van der Waals surface area contributed by atoms with Gasteiger partial charge in [-0.25, -0.2) is 4.98 Å². The van der Waals surface area contributed by atoms with Gasteiger partial charge in [0.25, 0.3) is 5.56 Å². The summed E-state index contributed by atoms with van der Waals surface area (Å²) in [6.45, 7) is 5.33. The van der Waals surface area contributed by atoms with E-state index in [4.69, 9.17) is 4.74 Å². The average Bonchev–Trinajstić information content (AvgIpc) is 2.96. The second kappa shape index (κ2) is 8.81. The van der Waals surface area contributed by atoms with E-state index in [-0.39, 0.29) is 17.9 Å². The Morgan fingerprint density at radius 1 is 1.26 bits per heavy atom. The molecule has 0 bridgehead atoms. The number of carbonyl (C=O) groups is 1. The zero-order valence-corrected chi connectivity index (χ0v) is 16.3.